The van der Waals surface area contributed by atoms with Crippen molar-refractivity contribution in [3.63, 3.8) is 0 Å². The van der Waals surface area contributed by atoms with Crippen LogP contribution in [0.2, 0.25) is 0 Å². The lowest BCUT2D eigenvalue weighted by atomic mass is 10.2. The molecule has 0 aromatic carbocycles. The molecule has 0 heterocycles. The highest BCUT2D eigenvalue weighted by atomic mass is 32.2. The number of rotatable bonds is 6. The van der Waals surface area contributed by atoms with E-state index < -0.39 is 0 Å². The van der Waals surface area contributed by atoms with E-state index in [4.69, 9.17) is 0 Å². The SMILES string of the molecule is CCCSC1C=CC(SCCC)C=C1. The van der Waals surface area contributed by atoms with E-state index in [1.165, 1.54) is 24.3 Å². The van der Waals surface area contributed by atoms with Gasteiger partial charge in [-0.3, -0.25) is 0 Å². The van der Waals surface area contributed by atoms with E-state index >= 15 is 0 Å². The molecule has 14 heavy (non-hydrogen) atoms. The van der Waals surface area contributed by atoms with Crippen molar-refractivity contribution in [3.8, 4) is 0 Å². The van der Waals surface area contributed by atoms with E-state index in [9.17, 15) is 0 Å². The first-order chi connectivity index (χ1) is 6.86. The van der Waals surface area contributed by atoms with Gasteiger partial charge in [0.15, 0.2) is 0 Å². The Kier molecular flexibility index (Phi) is 6.54. The zero-order valence-electron chi connectivity index (χ0n) is 9.11. The summed E-state index contributed by atoms with van der Waals surface area (Å²) in [6, 6.07) is 0. The minimum Gasteiger partial charge on any atom is -0.150 e. The summed E-state index contributed by atoms with van der Waals surface area (Å²) < 4.78 is 0. The fraction of sp³-hybridized carbons (Fsp3) is 0.667. The first-order valence-electron chi connectivity index (χ1n) is 5.46. The molecule has 0 bridgehead atoms. The van der Waals surface area contributed by atoms with Crippen LogP contribution in [0.25, 0.3) is 0 Å². The lowest BCUT2D eigenvalue weighted by Gasteiger charge is -2.15. The smallest absolute Gasteiger partial charge is 0.0408 e. The molecule has 0 saturated carbocycles. The van der Waals surface area contributed by atoms with Crippen LogP contribution in [0.5, 0.6) is 0 Å². The Morgan fingerprint density at radius 3 is 1.43 bits per heavy atom. The standard InChI is InChI=1S/C12H20S2/c1-3-9-13-11-5-7-12(8-6-11)14-10-4-2/h5-8,11-12H,3-4,9-10H2,1-2H3. The van der Waals surface area contributed by atoms with Gasteiger partial charge in [0.2, 0.25) is 0 Å². The van der Waals surface area contributed by atoms with E-state index in [1.807, 2.05) is 23.5 Å². The quantitative estimate of drug-likeness (QED) is 0.627. The number of thioether (sulfide) groups is 2. The molecule has 0 saturated heterocycles. The van der Waals surface area contributed by atoms with E-state index in [-0.39, 0.29) is 0 Å². The average molecular weight is 228 g/mol. The highest BCUT2D eigenvalue weighted by Gasteiger charge is 2.08. The monoisotopic (exact) mass is 228 g/mol. The van der Waals surface area contributed by atoms with Crippen LogP contribution < -0.4 is 0 Å². The van der Waals surface area contributed by atoms with Crippen molar-refractivity contribution < 1.29 is 0 Å². The van der Waals surface area contributed by atoms with Gasteiger partial charge in [-0.1, -0.05) is 38.2 Å². The summed E-state index contributed by atoms with van der Waals surface area (Å²) in [5.41, 5.74) is 0. The summed E-state index contributed by atoms with van der Waals surface area (Å²) in [5.74, 6) is 2.54. The van der Waals surface area contributed by atoms with Crippen molar-refractivity contribution in [2.24, 2.45) is 0 Å². The molecular formula is C12H20S2. The third-order valence-electron chi connectivity index (χ3n) is 2.01. The van der Waals surface area contributed by atoms with Gasteiger partial charge in [0.1, 0.15) is 0 Å². The molecule has 1 aliphatic rings. The summed E-state index contributed by atoms with van der Waals surface area (Å²) in [5, 5.41) is 1.27. The zero-order valence-corrected chi connectivity index (χ0v) is 10.7. The van der Waals surface area contributed by atoms with Crippen molar-refractivity contribution in [1.82, 2.24) is 0 Å². The molecule has 0 radical (unpaired) electrons. The molecular weight excluding hydrogens is 208 g/mol. The second-order valence-electron chi connectivity index (χ2n) is 3.44. The molecule has 0 atom stereocenters. The normalized spacial score (nSPS) is 25.6. The molecule has 0 fully saturated rings. The van der Waals surface area contributed by atoms with Crippen LogP contribution in [-0.2, 0) is 0 Å². The van der Waals surface area contributed by atoms with Crippen molar-refractivity contribution in [2.75, 3.05) is 11.5 Å². The number of hydrogen-bond acceptors (Lipinski definition) is 2. The Morgan fingerprint density at radius 2 is 1.14 bits per heavy atom. The minimum atomic E-state index is 0.633. The predicted molar refractivity (Wildman–Crippen MR) is 71.4 cm³/mol. The maximum Gasteiger partial charge on any atom is 0.0408 e. The summed E-state index contributed by atoms with van der Waals surface area (Å²) >= 11 is 4.08. The topological polar surface area (TPSA) is 0 Å². The summed E-state index contributed by atoms with van der Waals surface area (Å²) in [7, 11) is 0. The molecule has 0 aromatic rings. The first kappa shape index (κ1) is 12.3. The minimum absolute atomic E-state index is 0.633. The van der Waals surface area contributed by atoms with E-state index in [2.05, 4.69) is 38.2 Å². The van der Waals surface area contributed by atoms with Crippen LogP contribution in [0, 0.1) is 0 Å². The van der Waals surface area contributed by atoms with Crippen LogP contribution in [0.1, 0.15) is 26.7 Å². The van der Waals surface area contributed by atoms with Gasteiger partial charge in [0.25, 0.3) is 0 Å². The average Bonchev–Trinajstić information content (AvgIpc) is 2.25. The summed E-state index contributed by atoms with van der Waals surface area (Å²) in [6.45, 7) is 4.48. The van der Waals surface area contributed by atoms with Crippen LogP contribution in [-0.4, -0.2) is 22.0 Å². The molecule has 2 heteroatoms. The Morgan fingerprint density at radius 1 is 0.786 bits per heavy atom. The first-order valence-corrected chi connectivity index (χ1v) is 7.56. The lowest BCUT2D eigenvalue weighted by Crippen LogP contribution is -2.05. The zero-order chi connectivity index (χ0) is 10.2. The van der Waals surface area contributed by atoms with E-state index in [0.29, 0.717) is 10.5 Å². The Balaban J connectivity index is 2.22. The van der Waals surface area contributed by atoms with Crippen LogP contribution in [0.4, 0.5) is 0 Å². The molecule has 0 aromatic heterocycles. The molecule has 0 unspecified atom stereocenters. The van der Waals surface area contributed by atoms with E-state index in [0.717, 1.165) is 0 Å². The van der Waals surface area contributed by atoms with Crippen LogP contribution in [0.3, 0.4) is 0 Å². The molecule has 80 valence electrons. The van der Waals surface area contributed by atoms with Gasteiger partial charge in [0.05, 0.1) is 0 Å². The highest BCUT2D eigenvalue weighted by molar-refractivity contribution is 8.00. The highest BCUT2D eigenvalue weighted by Crippen LogP contribution is 2.24. The maximum atomic E-state index is 2.35. The van der Waals surface area contributed by atoms with Gasteiger partial charge < -0.3 is 0 Å². The summed E-state index contributed by atoms with van der Waals surface area (Å²) in [4.78, 5) is 0. The lowest BCUT2D eigenvalue weighted by molar-refractivity contribution is 1.09. The Labute approximate surface area is 96.6 Å². The van der Waals surface area contributed by atoms with Crippen molar-refractivity contribution in [1.29, 1.82) is 0 Å². The molecule has 0 N–H and O–H groups in total. The Hall–Kier alpha value is 0.180. The summed E-state index contributed by atoms with van der Waals surface area (Å²) in [6.07, 6.45) is 12.0. The number of hydrogen-bond donors (Lipinski definition) is 0. The second kappa shape index (κ2) is 7.47. The maximum absolute atomic E-state index is 2.35. The molecule has 0 amide bonds. The van der Waals surface area contributed by atoms with Gasteiger partial charge in [-0.2, -0.15) is 23.5 Å². The molecule has 0 aliphatic heterocycles. The molecule has 0 nitrogen and oxygen atoms in total. The van der Waals surface area contributed by atoms with Crippen LogP contribution >= 0.6 is 23.5 Å². The largest absolute Gasteiger partial charge is 0.150 e. The second-order valence-corrected chi connectivity index (χ2v) is 6.01. The van der Waals surface area contributed by atoms with Gasteiger partial charge in [-0.25, -0.2) is 0 Å². The third kappa shape index (κ3) is 4.61. The van der Waals surface area contributed by atoms with Gasteiger partial charge in [0, 0.05) is 10.5 Å². The van der Waals surface area contributed by atoms with Gasteiger partial charge in [-0.15, -0.1) is 0 Å². The van der Waals surface area contributed by atoms with Gasteiger partial charge in [-0.05, 0) is 24.3 Å². The van der Waals surface area contributed by atoms with E-state index in [1.54, 1.807) is 0 Å². The van der Waals surface area contributed by atoms with Crippen molar-refractivity contribution in [2.45, 2.75) is 37.2 Å². The molecule has 1 aliphatic carbocycles. The fourth-order valence-electron chi connectivity index (χ4n) is 1.30. The third-order valence-corrected chi connectivity index (χ3v) is 4.70. The molecule has 0 spiro atoms. The van der Waals surface area contributed by atoms with Crippen LogP contribution in [0.15, 0.2) is 24.3 Å². The molecule has 1 rings (SSSR count). The predicted octanol–water partition coefficient (Wildman–Crippen LogP) is 4.14. The van der Waals surface area contributed by atoms with Crippen molar-refractivity contribution in [3.05, 3.63) is 24.3 Å². The van der Waals surface area contributed by atoms with Crippen molar-refractivity contribution >= 4 is 23.5 Å². The fourth-order valence-corrected chi connectivity index (χ4v) is 3.12. The Bertz CT molecular complexity index is 162. The van der Waals surface area contributed by atoms with Gasteiger partial charge >= 0.3 is 0 Å².